The zero-order chi connectivity index (χ0) is 50.9. The molecule has 2 aliphatic carbocycles. The number of nitrogens with one attached hydrogen (secondary N) is 5. The van der Waals surface area contributed by atoms with E-state index in [2.05, 4.69) is 31.5 Å². The Morgan fingerprint density at radius 2 is 1.46 bits per heavy atom. The summed E-state index contributed by atoms with van der Waals surface area (Å²) in [5.74, 6) is -7.85. The Morgan fingerprint density at radius 3 is 2.14 bits per heavy atom. The van der Waals surface area contributed by atoms with Crippen molar-refractivity contribution >= 4 is 52.9 Å². The molecule has 0 spiro atoms. The van der Waals surface area contributed by atoms with Crippen LogP contribution in [-0.2, 0) is 63.7 Å². The summed E-state index contributed by atoms with van der Waals surface area (Å²) in [6, 6.07) is 4.07. The quantitative estimate of drug-likeness (QED) is 0.0381. The topological polar surface area (TPSA) is 336 Å². The highest BCUT2D eigenvalue weighted by Crippen LogP contribution is 2.53. The fraction of sp³-hybridized carbons (Fsp3) is 0.500. The summed E-state index contributed by atoms with van der Waals surface area (Å²) in [6.45, 7) is 0.485. The van der Waals surface area contributed by atoms with E-state index in [1.807, 2.05) is 0 Å². The monoisotopic (exact) mass is 991 g/mol. The molecule has 25 heteroatoms. The Labute approximate surface area is 404 Å². The third kappa shape index (κ3) is 10.1. The summed E-state index contributed by atoms with van der Waals surface area (Å²) in [7, 11) is 2.82. The number of hydrogen-bond acceptors (Lipinski definition) is 19. The third-order valence-corrected chi connectivity index (χ3v) is 13.1. The van der Waals surface area contributed by atoms with Gasteiger partial charge < -0.3 is 70.3 Å². The number of benzene rings is 2. The number of amides is 7. The lowest BCUT2D eigenvalue weighted by Crippen LogP contribution is -2.55. The molecule has 8 rings (SSSR count). The van der Waals surface area contributed by atoms with Gasteiger partial charge >= 0.3 is 0 Å². The highest BCUT2D eigenvalue weighted by atomic mass is 16.7. The molecule has 2 unspecified atom stereocenters. The van der Waals surface area contributed by atoms with Gasteiger partial charge in [0.15, 0.2) is 24.6 Å². The van der Waals surface area contributed by atoms with Crippen LogP contribution in [0.4, 0.5) is 0 Å². The second-order valence-electron chi connectivity index (χ2n) is 17.5. The SMILES string of the molecule is COc1cccc2c1C(=O)c1c(O)c3c(c(O)c1C2=O)CC(O)(C(=O)NCCNC(=O)CNC(=O)CNC(=O)CNC(=O)CCN1C(=O)C=CC1=O)CC3O[C@H]1C[C@H]2[C@H](O[C@@H]3[C@@H](OC)OCCN32)[C@H](C)O1. The lowest BCUT2D eigenvalue weighted by Gasteiger charge is -2.43. The number of carbonyl (C=O) groups excluding carboxylic acids is 9. The van der Waals surface area contributed by atoms with Crippen LogP contribution in [0.15, 0.2) is 30.4 Å². The number of rotatable bonds is 17. The molecule has 25 nitrogen and oxygen atoms in total. The van der Waals surface area contributed by atoms with Crippen molar-refractivity contribution in [2.45, 2.75) is 81.4 Å². The number of aromatic hydroxyl groups is 2. The number of ketones is 2. The molecule has 71 heavy (non-hydrogen) atoms. The van der Waals surface area contributed by atoms with Crippen LogP contribution in [-0.4, -0.2) is 187 Å². The summed E-state index contributed by atoms with van der Waals surface area (Å²) in [5, 5.41) is 48.1. The van der Waals surface area contributed by atoms with Crippen molar-refractivity contribution in [2.75, 3.05) is 66.6 Å². The lowest BCUT2D eigenvalue weighted by molar-refractivity contribution is -0.256. The van der Waals surface area contributed by atoms with Crippen LogP contribution in [0.25, 0.3) is 0 Å². The molecule has 2 aromatic rings. The van der Waals surface area contributed by atoms with Crippen LogP contribution in [0, 0.1) is 0 Å². The van der Waals surface area contributed by atoms with Gasteiger partial charge in [-0.1, -0.05) is 12.1 Å². The van der Waals surface area contributed by atoms with E-state index < -0.39 is 151 Å². The molecule has 7 amide bonds. The number of methoxy groups -OCH3 is 2. The zero-order valence-corrected chi connectivity index (χ0v) is 38.8. The van der Waals surface area contributed by atoms with Gasteiger partial charge in [-0.2, -0.15) is 0 Å². The average Bonchev–Trinajstić information content (AvgIpc) is 3.90. The standard InChI is InChI=1S/C46H53N7O18/c1-21-42-24(52-13-14-68-44(67-3)43(52)71-42)15-33(69-21)70-26-17-46(65,16-23-35(26)41(63)37-36(39(23)61)38(60)22-5-4-6-25(66-2)34(22)40(37)62)45(64)48-11-10-47-28(55)18-50-30(57)20-51-29(56)19-49-27(54)9-12-53-31(58)7-8-32(53)59/h4-8,21,24,26,33,42-44,61,63,65H,9-20H2,1-3H3,(H,47,55)(H,48,64)(H,49,54)(H,50,57)(H,51,56)/t21-,24-,26?,33-,42+,43+,44-,46?/m0/s1. The molecule has 4 aliphatic heterocycles. The third-order valence-electron chi connectivity index (χ3n) is 13.1. The Balaban J connectivity index is 0.894. The van der Waals surface area contributed by atoms with Gasteiger partial charge in [0.2, 0.25) is 29.4 Å². The van der Waals surface area contributed by atoms with Crippen LogP contribution < -0.4 is 31.3 Å². The highest BCUT2D eigenvalue weighted by Gasteiger charge is 2.55. The first-order valence-corrected chi connectivity index (χ1v) is 22.8. The van der Waals surface area contributed by atoms with Gasteiger partial charge in [-0.3, -0.25) is 53.0 Å². The molecule has 8 atom stereocenters. The maximum atomic E-state index is 14.2. The minimum atomic E-state index is -2.38. The smallest absolute Gasteiger partial charge is 0.253 e. The molecule has 0 saturated carbocycles. The number of phenolic OH excluding ortho intramolecular Hbond substituents is 2. The van der Waals surface area contributed by atoms with Gasteiger partial charge in [0.25, 0.3) is 17.7 Å². The Hall–Kier alpha value is -6.87. The van der Waals surface area contributed by atoms with Gasteiger partial charge in [-0.25, -0.2) is 0 Å². The molecule has 2 aromatic carbocycles. The van der Waals surface area contributed by atoms with E-state index >= 15 is 0 Å². The van der Waals surface area contributed by atoms with Crippen molar-refractivity contribution in [1.82, 2.24) is 36.4 Å². The fourth-order valence-corrected chi connectivity index (χ4v) is 9.72. The van der Waals surface area contributed by atoms with Gasteiger partial charge in [0, 0.05) is 93.9 Å². The average molecular weight is 992 g/mol. The van der Waals surface area contributed by atoms with E-state index in [-0.39, 0.29) is 66.5 Å². The molecule has 3 fully saturated rings. The molecule has 0 aromatic heterocycles. The van der Waals surface area contributed by atoms with Crippen molar-refractivity contribution < 1.29 is 86.9 Å². The Bertz CT molecular complexity index is 2570. The Morgan fingerprint density at radius 1 is 0.817 bits per heavy atom. The lowest BCUT2D eigenvalue weighted by atomic mass is 9.72. The molecular formula is C46H53N7O18. The van der Waals surface area contributed by atoms with E-state index in [0.717, 1.165) is 17.1 Å². The predicted octanol–water partition coefficient (Wildman–Crippen LogP) is -2.95. The molecular weight excluding hydrogens is 939 g/mol. The number of phenols is 2. The first-order chi connectivity index (χ1) is 33.9. The number of ether oxygens (including phenoxy) is 6. The van der Waals surface area contributed by atoms with Crippen molar-refractivity contribution in [1.29, 1.82) is 0 Å². The number of fused-ring (bicyclic) bond motifs is 6. The second-order valence-corrected chi connectivity index (χ2v) is 17.5. The fourth-order valence-electron chi connectivity index (χ4n) is 9.72. The second kappa shape index (κ2) is 20.8. The van der Waals surface area contributed by atoms with E-state index in [1.54, 1.807) is 6.92 Å². The number of morpholine rings is 1. The first-order valence-electron chi connectivity index (χ1n) is 22.8. The van der Waals surface area contributed by atoms with Crippen molar-refractivity contribution in [3.63, 3.8) is 0 Å². The maximum absolute atomic E-state index is 14.2. The van der Waals surface area contributed by atoms with E-state index in [1.165, 1.54) is 32.4 Å². The van der Waals surface area contributed by atoms with Crippen molar-refractivity contribution in [2.24, 2.45) is 0 Å². The number of carbonyl (C=O) groups is 9. The minimum absolute atomic E-state index is 0.0608. The number of aliphatic hydroxyl groups is 1. The predicted molar refractivity (Wildman–Crippen MR) is 237 cm³/mol. The summed E-state index contributed by atoms with van der Waals surface area (Å²) in [6.07, 6.45) is -3.70. The molecule has 4 heterocycles. The van der Waals surface area contributed by atoms with Crippen molar-refractivity contribution in [3.8, 4) is 17.2 Å². The summed E-state index contributed by atoms with van der Waals surface area (Å²) < 4.78 is 35.8. The highest BCUT2D eigenvalue weighted by molar-refractivity contribution is 6.31. The molecule has 380 valence electrons. The van der Waals surface area contributed by atoms with Gasteiger partial charge in [0.1, 0.15) is 29.0 Å². The zero-order valence-electron chi connectivity index (χ0n) is 38.8. The van der Waals surface area contributed by atoms with Crippen LogP contribution >= 0.6 is 0 Å². The molecule has 8 N–H and O–H groups in total. The van der Waals surface area contributed by atoms with Crippen molar-refractivity contribution in [3.05, 3.63) is 63.7 Å². The first kappa shape index (κ1) is 50.5. The largest absolute Gasteiger partial charge is 0.507 e. The van der Waals surface area contributed by atoms with Crippen LogP contribution in [0.3, 0.4) is 0 Å². The molecule has 6 aliphatic rings. The normalized spacial score (nSPS) is 26.4. The minimum Gasteiger partial charge on any atom is -0.507 e. The molecule has 0 bridgehead atoms. The van der Waals surface area contributed by atoms with Crippen LogP contribution in [0.5, 0.6) is 17.2 Å². The molecule has 3 saturated heterocycles. The van der Waals surface area contributed by atoms with E-state index in [9.17, 15) is 58.5 Å². The Kier molecular flexibility index (Phi) is 14.8. The van der Waals surface area contributed by atoms with Crippen LogP contribution in [0.2, 0.25) is 0 Å². The van der Waals surface area contributed by atoms with E-state index in [0.29, 0.717) is 13.2 Å². The van der Waals surface area contributed by atoms with Gasteiger partial charge in [0.05, 0.1) is 62.2 Å². The summed E-state index contributed by atoms with van der Waals surface area (Å²) >= 11 is 0. The number of hydrogen-bond donors (Lipinski definition) is 8. The number of nitrogens with zero attached hydrogens (tertiary/aromatic N) is 2. The van der Waals surface area contributed by atoms with Gasteiger partial charge in [-0.05, 0) is 13.0 Å². The van der Waals surface area contributed by atoms with E-state index in [4.69, 9.17) is 28.4 Å². The van der Waals surface area contributed by atoms with Gasteiger partial charge in [-0.15, -0.1) is 0 Å². The number of imide groups is 1. The summed E-state index contributed by atoms with van der Waals surface area (Å²) in [5.41, 5.74) is -3.99. The molecule has 0 radical (unpaired) electrons. The summed E-state index contributed by atoms with van der Waals surface area (Å²) in [4.78, 5) is 117. The van der Waals surface area contributed by atoms with Crippen LogP contribution in [0.1, 0.15) is 75.3 Å². The maximum Gasteiger partial charge on any atom is 0.253 e.